The largest absolute Gasteiger partial charge is 0.378 e. The second kappa shape index (κ2) is 9.33. The summed E-state index contributed by atoms with van der Waals surface area (Å²) in [5.74, 6) is 1.55. The highest BCUT2D eigenvalue weighted by atomic mass is 32.1. The average Bonchev–Trinajstić information content (AvgIpc) is 3.69. The van der Waals surface area contributed by atoms with Gasteiger partial charge in [0.05, 0.1) is 6.54 Å². The van der Waals surface area contributed by atoms with Gasteiger partial charge in [-0.05, 0) is 53.4 Å². The topological polar surface area (TPSA) is 67.2 Å². The van der Waals surface area contributed by atoms with Gasteiger partial charge in [0.15, 0.2) is 11.6 Å². The van der Waals surface area contributed by atoms with E-state index in [9.17, 15) is 4.79 Å². The maximum absolute atomic E-state index is 13.2. The van der Waals surface area contributed by atoms with E-state index in [0.29, 0.717) is 25.2 Å². The van der Waals surface area contributed by atoms with E-state index in [1.165, 1.54) is 4.88 Å². The number of carbonyl (C=O) groups excluding carboxylic acids is 1. The molecule has 36 heavy (non-hydrogen) atoms. The molecule has 1 aliphatic heterocycles. The Labute approximate surface area is 217 Å². The number of hydrogen-bond acceptors (Lipinski definition) is 7. The average molecular weight is 513 g/mol. The Morgan fingerprint density at radius 1 is 0.917 bits per heavy atom. The zero-order valence-electron chi connectivity index (χ0n) is 20.0. The first-order valence-corrected chi connectivity index (χ1v) is 13.4. The monoisotopic (exact) mass is 512 g/mol. The van der Waals surface area contributed by atoms with Gasteiger partial charge in [0.2, 0.25) is 0 Å². The number of thiazole rings is 1. The van der Waals surface area contributed by atoms with Crippen molar-refractivity contribution in [2.24, 2.45) is 0 Å². The number of benzene rings is 2. The van der Waals surface area contributed by atoms with Crippen LogP contribution in [-0.4, -0.2) is 51.2 Å². The van der Waals surface area contributed by atoms with Gasteiger partial charge in [-0.1, -0.05) is 18.2 Å². The van der Waals surface area contributed by atoms with Gasteiger partial charge in [0.1, 0.15) is 10.7 Å². The van der Waals surface area contributed by atoms with Gasteiger partial charge in [0.25, 0.3) is 5.91 Å². The fourth-order valence-electron chi connectivity index (χ4n) is 4.33. The van der Waals surface area contributed by atoms with Crippen LogP contribution in [0.25, 0.3) is 32.5 Å². The zero-order valence-corrected chi connectivity index (χ0v) is 21.6. The van der Waals surface area contributed by atoms with Crippen molar-refractivity contribution in [2.45, 2.75) is 13.1 Å². The van der Waals surface area contributed by atoms with Crippen molar-refractivity contribution in [1.29, 1.82) is 0 Å². The molecule has 6 rings (SSSR count). The Hall–Kier alpha value is -3.82. The van der Waals surface area contributed by atoms with Gasteiger partial charge in [-0.3, -0.25) is 4.79 Å². The molecule has 0 saturated heterocycles. The summed E-state index contributed by atoms with van der Waals surface area (Å²) in [5.41, 5.74) is 4.86. The van der Waals surface area contributed by atoms with Crippen LogP contribution in [0.1, 0.15) is 16.2 Å². The van der Waals surface area contributed by atoms with E-state index in [0.717, 1.165) is 39.2 Å². The molecule has 180 valence electrons. The van der Waals surface area contributed by atoms with Crippen LogP contribution in [0.3, 0.4) is 0 Å². The number of hydrogen-bond donors (Lipinski definition) is 0. The SMILES string of the molecule is CN(C)c1ccc(-c2nc(-c3nnc4n3CCN(C(=O)c3ccc(-c5cccs5)cc3)C4)cs2)cc1. The Balaban J connectivity index is 1.18. The van der Waals surface area contributed by atoms with Gasteiger partial charge in [0, 0.05) is 54.3 Å². The van der Waals surface area contributed by atoms with Crippen LogP contribution in [0.15, 0.2) is 71.4 Å². The second-order valence-electron chi connectivity index (χ2n) is 8.85. The fourth-order valence-corrected chi connectivity index (χ4v) is 5.87. The summed E-state index contributed by atoms with van der Waals surface area (Å²) in [5, 5.41) is 13.9. The van der Waals surface area contributed by atoms with Crippen molar-refractivity contribution < 1.29 is 4.79 Å². The maximum Gasteiger partial charge on any atom is 0.254 e. The molecule has 0 atom stereocenters. The number of anilines is 1. The quantitative estimate of drug-likeness (QED) is 0.310. The van der Waals surface area contributed by atoms with Gasteiger partial charge in [-0.15, -0.1) is 32.9 Å². The van der Waals surface area contributed by atoms with E-state index in [4.69, 9.17) is 4.98 Å². The molecule has 7 nitrogen and oxygen atoms in total. The van der Waals surface area contributed by atoms with Crippen LogP contribution in [0.5, 0.6) is 0 Å². The number of thiophene rings is 1. The predicted molar refractivity (Wildman–Crippen MR) is 145 cm³/mol. The number of rotatable bonds is 5. The van der Waals surface area contributed by atoms with E-state index >= 15 is 0 Å². The van der Waals surface area contributed by atoms with E-state index < -0.39 is 0 Å². The Morgan fingerprint density at radius 3 is 2.42 bits per heavy atom. The van der Waals surface area contributed by atoms with E-state index in [1.807, 2.05) is 54.7 Å². The molecule has 2 aromatic carbocycles. The van der Waals surface area contributed by atoms with Crippen LogP contribution >= 0.6 is 22.7 Å². The molecule has 1 amide bonds. The van der Waals surface area contributed by atoms with Crippen molar-refractivity contribution in [3.63, 3.8) is 0 Å². The minimum absolute atomic E-state index is 0.0145. The molecule has 0 saturated carbocycles. The zero-order chi connectivity index (χ0) is 24.6. The minimum Gasteiger partial charge on any atom is -0.378 e. The molecule has 1 aliphatic rings. The lowest BCUT2D eigenvalue weighted by Gasteiger charge is -2.27. The molecule has 0 spiro atoms. The molecule has 0 radical (unpaired) electrons. The van der Waals surface area contributed by atoms with Crippen LogP contribution in [-0.2, 0) is 13.1 Å². The smallest absolute Gasteiger partial charge is 0.254 e. The second-order valence-corrected chi connectivity index (χ2v) is 10.7. The van der Waals surface area contributed by atoms with Crippen molar-refractivity contribution in [2.75, 3.05) is 25.5 Å². The summed E-state index contributed by atoms with van der Waals surface area (Å²) in [6.07, 6.45) is 0. The predicted octanol–water partition coefficient (Wildman–Crippen LogP) is 5.52. The molecule has 0 fully saturated rings. The molecule has 3 aromatic heterocycles. The van der Waals surface area contributed by atoms with E-state index in [2.05, 4.69) is 55.4 Å². The first kappa shape index (κ1) is 22.6. The highest BCUT2D eigenvalue weighted by Gasteiger charge is 2.26. The third-order valence-electron chi connectivity index (χ3n) is 6.34. The molecular formula is C27H24N6OS2. The first-order valence-electron chi connectivity index (χ1n) is 11.7. The van der Waals surface area contributed by atoms with Gasteiger partial charge < -0.3 is 14.4 Å². The lowest BCUT2D eigenvalue weighted by atomic mass is 10.1. The van der Waals surface area contributed by atoms with Crippen LogP contribution in [0.4, 0.5) is 5.69 Å². The lowest BCUT2D eigenvalue weighted by molar-refractivity contribution is 0.0708. The van der Waals surface area contributed by atoms with Crippen molar-refractivity contribution in [3.05, 3.63) is 82.8 Å². The van der Waals surface area contributed by atoms with Crippen LogP contribution in [0, 0.1) is 0 Å². The molecule has 0 aliphatic carbocycles. The number of nitrogens with zero attached hydrogens (tertiary/aromatic N) is 6. The summed E-state index contributed by atoms with van der Waals surface area (Å²) in [6, 6.07) is 20.3. The summed E-state index contributed by atoms with van der Waals surface area (Å²) < 4.78 is 2.08. The number of carbonyl (C=O) groups is 1. The Bertz CT molecular complexity index is 1500. The number of amides is 1. The molecule has 0 N–H and O–H groups in total. The van der Waals surface area contributed by atoms with E-state index in [-0.39, 0.29) is 5.91 Å². The van der Waals surface area contributed by atoms with Crippen molar-refractivity contribution in [1.82, 2.24) is 24.6 Å². The van der Waals surface area contributed by atoms with Crippen molar-refractivity contribution in [3.8, 4) is 32.5 Å². The normalized spacial score (nSPS) is 13.0. The van der Waals surface area contributed by atoms with Crippen molar-refractivity contribution >= 4 is 34.3 Å². The standard InChI is InChI=1S/C27H24N6OS2/c1-31(2)21-11-9-19(10-12-21)26-28-22(17-36-26)25-30-29-24-16-32(13-14-33(24)25)27(34)20-7-5-18(6-8-20)23-4-3-15-35-23/h3-12,15,17H,13-14,16H2,1-2H3. The Morgan fingerprint density at radius 2 is 1.69 bits per heavy atom. The Kier molecular flexibility index (Phi) is 5.86. The summed E-state index contributed by atoms with van der Waals surface area (Å²) in [4.78, 5) is 23.1. The first-order chi connectivity index (χ1) is 17.6. The summed E-state index contributed by atoms with van der Waals surface area (Å²) in [6.45, 7) is 1.68. The van der Waals surface area contributed by atoms with E-state index in [1.54, 1.807) is 22.7 Å². The molecule has 0 unspecified atom stereocenters. The fraction of sp³-hybridized carbons (Fsp3) is 0.185. The molecule has 9 heteroatoms. The maximum atomic E-state index is 13.2. The highest BCUT2D eigenvalue weighted by Crippen LogP contribution is 2.31. The van der Waals surface area contributed by atoms with Crippen LogP contribution in [0.2, 0.25) is 0 Å². The van der Waals surface area contributed by atoms with Gasteiger partial charge in [-0.2, -0.15) is 0 Å². The summed E-state index contributed by atoms with van der Waals surface area (Å²) in [7, 11) is 4.06. The minimum atomic E-state index is 0.0145. The third kappa shape index (κ3) is 4.20. The third-order valence-corrected chi connectivity index (χ3v) is 8.15. The molecule has 4 heterocycles. The molecule has 5 aromatic rings. The lowest BCUT2D eigenvalue weighted by Crippen LogP contribution is -2.38. The van der Waals surface area contributed by atoms with Gasteiger partial charge >= 0.3 is 0 Å². The number of aromatic nitrogens is 4. The molecule has 0 bridgehead atoms. The van der Waals surface area contributed by atoms with Gasteiger partial charge in [-0.25, -0.2) is 4.98 Å². The number of fused-ring (bicyclic) bond motifs is 1. The molecular weight excluding hydrogens is 488 g/mol. The highest BCUT2D eigenvalue weighted by molar-refractivity contribution is 7.13. The van der Waals surface area contributed by atoms with Crippen LogP contribution < -0.4 is 4.90 Å². The summed E-state index contributed by atoms with van der Waals surface area (Å²) >= 11 is 3.29.